The van der Waals surface area contributed by atoms with Crippen molar-refractivity contribution in [1.82, 2.24) is 4.90 Å². The third-order valence-electron chi connectivity index (χ3n) is 6.34. The Bertz CT molecular complexity index is 993. The van der Waals surface area contributed by atoms with Crippen LogP contribution in [0.4, 0.5) is 0 Å². The van der Waals surface area contributed by atoms with Gasteiger partial charge < -0.3 is 9.47 Å². The van der Waals surface area contributed by atoms with Crippen molar-refractivity contribution in [2.75, 3.05) is 0 Å². The number of morpholine rings is 1. The Morgan fingerprint density at radius 3 is 2.06 bits per heavy atom. The molecule has 4 heteroatoms. The highest BCUT2D eigenvalue weighted by atomic mass is 16.7. The summed E-state index contributed by atoms with van der Waals surface area (Å²) >= 11 is 0. The van der Waals surface area contributed by atoms with Gasteiger partial charge in [-0.25, -0.2) is 4.79 Å². The lowest BCUT2D eigenvalue weighted by atomic mass is 9.84. The summed E-state index contributed by atoms with van der Waals surface area (Å²) in [6.45, 7) is 7.04. The topological polar surface area (TPSA) is 38.8 Å². The number of hydrogen-bond donors (Lipinski definition) is 0. The Labute approximate surface area is 184 Å². The number of ether oxygens (including phenoxy) is 2. The van der Waals surface area contributed by atoms with Gasteiger partial charge in [0, 0.05) is 12.6 Å². The van der Waals surface area contributed by atoms with Crippen LogP contribution in [0.2, 0.25) is 0 Å². The first-order chi connectivity index (χ1) is 15.0. The van der Waals surface area contributed by atoms with Crippen molar-refractivity contribution in [3.63, 3.8) is 0 Å². The summed E-state index contributed by atoms with van der Waals surface area (Å²) < 4.78 is 12.4. The van der Waals surface area contributed by atoms with Crippen LogP contribution in [0, 0.1) is 0 Å². The van der Waals surface area contributed by atoms with E-state index in [0.29, 0.717) is 5.56 Å². The van der Waals surface area contributed by atoms with E-state index in [-0.39, 0.29) is 18.1 Å². The van der Waals surface area contributed by atoms with Crippen molar-refractivity contribution in [1.29, 1.82) is 0 Å². The van der Waals surface area contributed by atoms with Crippen molar-refractivity contribution in [2.45, 2.75) is 51.3 Å². The van der Waals surface area contributed by atoms with Gasteiger partial charge in [-0.05, 0) is 44.0 Å². The molecule has 0 spiro atoms. The first-order valence-corrected chi connectivity index (χ1v) is 10.8. The average molecular weight is 416 g/mol. The first kappa shape index (κ1) is 21.3. The zero-order chi connectivity index (χ0) is 21.8. The maximum absolute atomic E-state index is 13.0. The fourth-order valence-corrected chi connectivity index (χ4v) is 4.30. The molecule has 4 rings (SSSR count). The largest absolute Gasteiger partial charge is 0.430 e. The molecule has 160 valence electrons. The Balaban J connectivity index is 1.74. The number of benzene rings is 3. The zero-order valence-electron chi connectivity index (χ0n) is 18.3. The van der Waals surface area contributed by atoms with Gasteiger partial charge in [-0.2, -0.15) is 0 Å². The smallest absolute Gasteiger partial charge is 0.340 e. The molecule has 1 heterocycles. The highest BCUT2D eigenvalue weighted by Gasteiger charge is 2.52. The third-order valence-corrected chi connectivity index (χ3v) is 6.34. The SMILES string of the molecule is CC1OC(OC(=O)c2ccccc2)[C@](C)(c2ccccc2)N(Cc2ccccc2)C1C. The van der Waals surface area contributed by atoms with E-state index in [9.17, 15) is 4.79 Å². The molecule has 3 unspecified atom stereocenters. The normalized spacial score (nSPS) is 26.4. The fraction of sp³-hybridized carbons (Fsp3) is 0.296. The summed E-state index contributed by atoms with van der Waals surface area (Å²) in [7, 11) is 0. The lowest BCUT2D eigenvalue weighted by Gasteiger charge is -2.54. The zero-order valence-corrected chi connectivity index (χ0v) is 18.3. The number of hydrogen-bond acceptors (Lipinski definition) is 4. The molecular formula is C27H29NO3. The maximum Gasteiger partial charge on any atom is 0.340 e. The van der Waals surface area contributed by atoms with E-state index in [0.717, 1.165) is 12.1 Å². The summed E-state index contributed by atoms with van der Waals surface area (Å²) in [4.78, 5) is 15.4. The second-order valence-corrected chi connectivity index (χ2v) is 8.31. The second kappa shape index (κ2) is 9.04. The van der Waals surface area contributed by atoms with Crippen molar-refractivity contribution in [3.05, 3.63) is 108 Å². The van der Waals surface area contributed by atoms with Gasteiger partial charge in [0.25, 0.3) is 0 Å². The minimum atomic E-state index is -0.752. The summed E-state index contributed by atoms with van der Waals surface area (Å²) in [6.07, 6.45) is -0.855. The van der Waals surface area contributed by atoms with E-state index in [2.05, 4.69) is 55.1 Å². The first-order valence-electron chi connectivity index (χ1n) is 10.8. The van der Waals surface area contributed by atoms with Crippen LogP contribution in [0.5, 0.6) is 0 Å². The highest BCUT2D eigenvalue weighted by Crippen LogP contribution is 2.42. The van der Waals surface area contributed by atoms with Gasteiger partial charge in [0.1, 0.15) is 5.54 Å². The molecule has 1 aliphatic heterocycles. The van der Waals surface area contributed by atoms with E-state index in [1.54, 1.807) is 12.1 Å². The molecule has 1 aliphatic rings. The molecule has 0 amide bonds. The lowest BCUT2D eigenvalue weighted by Crippen LogP contribution is -2.64. The van der Waals surface area contributed by atoms with Gasteiger partial charge in [-0.3, -0.25) is 4.90 Å². The quantitative estimate of drug-likeness (QED) is 0.524. The van der Waals surface area contributed by atoms with Crippen LogP contribution in [-0.4, -0.2) is 29.3 Å². The molecule has 3 aromatic rings. The van der Waals surface area contributed by atoms with Crippen molar-refractivity contribution in [2.24, 2.45) is 0 Å². The standard InChI is InChI=1S/C27H29NO3/c1-20-21(2)30-26(31-25(29)23-15-9-5-10-16-23)27(3,24-17-11-6-12-18-24)28(20)19-22-13-7-4-8-14-22/h4-18,20-21,26H,19H2,1-3H3/t20?,21?,26?,27-/m0/s1. The molecule has 0 radical (unpaired) electrons. The number of carbonyl (C=O) groups is 1. The van der Waals surface area contributed by atoms with Crippen LogP contribution >= 0.6 is 0 Å². The van der Waals surface area contributed by atoms with Gasteiger partial charge in [0.2, 0.25) is 6.29 Å². The third kappa shape index (κ3) is 4.27. The molecule has 3 aromatic carbocycles. The molecular weight excluding hydrogens is 386 g/mol. The van der Waals surface area contributed by atoms with Crippen LogP contribution in [0.3, 0.4) is 0 Å². The summed E-state index contributed by atoms with van der Waals surface area (Å²) in [5.41, 5.74) is 2.12. The number of esters is 1. The summed E-state index contributed by atoms with van der Waals surface area (Å²) in [6, 6.07) is 29.8. The van der Waals surface area contributed by atoms with E-state index >= 15 is 0 Å². The average Bonchev–Trinajstić information content (AvgIpc) is 2.82. The second-order valence-electron chi connectivity index (χ2n) is 8.31. The molecule has 0 N–H and O–H groups in total. The van der Waals surface area contributed by atoms with Crippen molar-refractivity contribution >= 4 is 5.97 Å². The van der Waals surface area contributed by atoms with Crippen LogP contribution in [-0.2, 0) is 21.6 Å². The molecule has 1 saturated heterocycles. The highest BCUT2D eigenvalue weighted by molar-refractivity contribution is 5.89. The fourth-order valence-electron chi connectivity index (χ4n) is 4.30. The number of nitrogens with zero attached hydrogens (tertiary/aromatic N) is 1. The molecule has 31 heavy (non-hydrogen) atoms. The minimum Gasteiger partial charge on any atom is -0.430 e. The van der Waals surface area contributed by atoms with Gasteiger partial charge in [-0.15, -0.1) is 0 Å². The van der Waals surface area contributed by atoms with Crippen LogP contribution in [0.1, 0.15) is 42.3 Å². The van der Waals surface area contributed by atoms with Crippen molar-refractivity contribution < 1.29 is 14.3 Å². The Hall–Kier alpha value is -2.95. The van der Waals surface area contributed by atoms with Gasteiger partial charge in [-0.1, -0.05) is 78.9 Å². The monoisotopic (exact) mass is 415 g/mol. The Morgan fingerprint density at radius 2 is 1.45 bits per heavy atom. The van der Waals surface area contributed by atoms with Crippen LogP contribution in [0.25, 0.3) is 0 Å². The molecule has 0 aromatic heterocycles. The van der Waals surface area contributed by atoms with E-state index in [1.165, 1.54) is 5.56 Å². The van der Waals surface area contributed by atoms with E-state index < -0.39 is 11.8 Å². The number of rotatable bonds is 5. The van der Waals surface area contributed by atoms with Crippen LogP contribution < -0.4 is 0 Å². The Kier molecular flexibility index (Phi) is 6.21. The minimum absolute atomic E-state index is 0.103. The van der Waals surface area contributed by atoms with E-state index in [1.807, 2.05) is 49.4 Å². The maximum atomic E-state index is 13.0. The van der Waals surface area contributed by atoms with Gasteiger partial charge >= 0.3 is 5.97 Å². The molecule has 0 bridgehead atoms. The Morgan fingerprint density at radius 1 is 0.903 bits per heavy atom. The van der Waals surface area contributed by atoms with Gasteiger partial charge in [0.05, 0.1) is 11.7 Å². The molecule has 0 saturated carbocycles. The van der Waals surface area contributed by atoms with Crippen LogP contribution in [0.15, 0.2) is 91.0 Å². The predicted molar refractivity (Wildman–Crippen MR) is 121 cm³/mol. The van der Waals surface area contributed by atoms with Crippen molar-refractivity contribution in [3.8, 4) is 0 Å². The lowest BCUT2D eigenvalue weighted by molar-refractivity contribution is -0.267. The molecule has 4 atom stereocenters. The molecule has 0 aliphatic carbocycles. The molecule has 4 nitrogen and oxygen atoms in total. The summed E-state index contributed by atoms with van der Waals surface area (Å²) in [5.74, 6) is -0.380. The predicted octanol–water partition coefficient (Wildman–Crippen LogP) is 5.39. The number of carbonyl (C=O) groups excluding carboxylic acids is 1. The summed E-state index contributed by atoms with van der Waals surface area (Å²) in [5, 5.41) is 0. The van der Waals surface area contributed by atoms with E-state index in [4.69, 9.17) is 9.47 Å². The van der Waals surface area contributed by atoms with Gasteiger partial charge in [0.15, 0.2) is 0 Å². The molecule has 1 fully saturated rings.